The van der Waals surface area contributed by atoms with Crippen molar-refractivity contribution in [3.63, 3.8) is 0 Å². The summed E-state index contributed by atoms with van der Waals surface area (Å²) in [6, 6.07) is 4.30. The van der Waals surface area contributed by atoms with Crippen LogP contribution in [-0.2, 0) is 4.79 Å². The normalized spacial score (nSPS) is 14.9. The Bertz CT molecular complexity index is 907. The number of alkyl halides is 3. The van der Waals surface area contributed by atoms with Gasteiger partial charge in [-0.25, -0.2) is 4.79 Å². The van der Waals surface area contributed by atoms with E-state index in [2.05, 4.69) is 37.4 Å². The molecule has 1 aromatic carbocycles. The highest BCUT2D eigenvalue weighted by Gasteiger charge is 2.38. The number of hydrogen-bond donors (Lipinski definition) is 2. The Morgan fingerprint density at radius 3 is 2.32 bits per heavy atom. The minimum absolute atomic E-state index is 0.255. The number of aliphatic carboxylic acids is 1. The third kappa shape index (κ3) is 6.87. The zero-order valence-corrected chi connectivity index (χ0v) is 18.6. The molecular formula is C21H27ClF3N3O3. The van der Waals surface area contributed by atoms with Gasteiger partial charge in [-0.05, 0) is 71.3 Å². The number of nitrogens with zero attached hydrogens (tertiary/aromatic N) is 2. The van der Waals surface area contributed by atoms with Gasteiger partial charge in [0.1, 0.15) is 11.9 Å². The molecule has 0 bridgehead atoms. The first-order chi connectivity index (χ1) is 14.4. The average Bonchev–Trinajstić information content (AvgIpc) is 3.06. The van der Waals surface area contributed by atoms with E-state index in [4.69, 9.17) is 26.2 Å². The van der Waals surface area contributed by atoms with E-state index in [-0.39, 0.29) is 6.10 Å². The van der Waals surface area contributed by atoms with Crippen molar-refractivity contribution in [2.75, 3.05) is 13.1 Å². The van der Waals surface area contributed by atoms with Gasteiger partial charge in [0.25, 0.3) is 0 Å². The predicted molar refractivity (Wildman–Crippen MR) is 113 cm³/mol. The van der Waals surface area contributed by atoms with Crippen molar-refractivity contribution in [2.45, 2.75) is 58.9 Å². The summed E-state index contributed by atoms with van der Waals surface area (Å²) in [5.74, 6) is -1.81. The number of carboxylic acids is 1. The molecule has 31 heavy (non-hydrogen) atoms. The highest BCUT2D eigenvalue weighted by atomic mass is 35.5. The van der Waals surface area contributed by atoms with Crippen molar-refractivity contribution in [3.8, 4) is 16.9 Å². The molecule has 1 aromatic heterocycles. The van der Waals surface area contributed by atoms with Gasteiger partial charge in [0.05, 0.1) is 5.69 Å². The molecule has 2 N–H and O–H groups in total. The quantitative estimate of drug-likeness (QED) is 0.657. The first kappa shape index (κ1) is 25.0. The lowest BCUT2D eigenvalue weighted by Crippen LogP contribution is -2.34. The molecule has 1 fully saturated rings. The molecule has 0 saturated carbocycles. The Morgan fingerprint density at radius 1 is 1.26 bits per heavy atom. The van der Waals surface area contributed by atoms with Gasteiger partial charge < -0.3 is 15.2 Å². The number of carbonyl (C=O) groups is 1. The second kappa shape index (κ2) is 10.4. The maximum Gasteiger partial charge on any atom is 0.490 e. The Labute approximate surface area is 184 Å². The Balaban J connectivity index is 0.000000423. The number of carboxylic acid groups (broad SMARTS) is 1. The molecule has 0 aliphatic carbocycles. The largest absolute Gasteiger partial charge is 0.490 e. The lowest BCUT2D eigenvalue weighted by atomic mass is 10.0. The predicted octanol–water partition coefficient (Wildman–Crippen LogP) is 5.17. The van der Waals surface area contributed by atoms with Crippen LogP contribution in [0.2, 0.25) is 5.02 Å². The molecule has 3 rings (SSSR count). The highest BCUT2D eigenvalue weighted by Crippen LogP contribution is 2.38. The molecule has 1 aliphatic rings. The Morgan fingerprint density at radius 2 is 1.84 bits per heavy atom. The number of aryl methyl sites for hydroxylation is 2. The van der Waals surface area contributed by atoms with E-state index in [1.807, 2.05) is 23.7 Å². The topological polar surface area (TPSA) is 76.4 Å². The van der Waals surface area contributed by atoms with Crippen LogP contribution in [0.5, 0.6) is 5.75 Å². The summed E-state index contributed by atoms with van der Waals surface area (Å²) in [5, 5.41) is 15.9. The van der Waals surface area contributed by atoms with Gasteiger partial charge in [-0.1, -0.05) is 11.6 Å². The minimum atomic E-state index is -5.08. The summed E-state index contributed by atoms with van der Waals surface area (Å²) in [6.45, 7) is 10.4. The van der Waals surface area contributed by atoms with Crippen LogP contribution in [0.25, 0.3) is 11.1 Å². The number of benzene rings is 1. The van der Waals surface area contributed by atoms with Crippen LogP contribution >= 0.6 is 11.6 Å². The molecule has 6 nitrogen and oxygen atoms in total. The van der Waals surface area contributed by atoms with Crippen LogP contribution in [0, 0.1) is 13.8 Å². The van der Waals surface area contributed by atoms with Crippen LogP contribution < -0.4 is 10.1 Å². The number of piperidine rings is 1. The summed E-state index contributed by atoms with van der Waals surface area (Å²) in [5.41, 5.74) is 4.22. The van der Waals surface area contributed by atoms with Crippen molar-refractivity contribution < 1.29 is 27.8 Å². The van der Waals surface area contributed by atoms with Gasteiger partial charge in [-0.2, -0.15) is 18.3 Å². The first-order valence-electron chi connectivity index (χ1n) is 9.94. The molecule has 1 saturated heterocycles. The maximum absolute atomic E-state index is 10.6. The molecule has 0 atom stereocenters. The number of aromatic nitrogens is 2. The fourth-order valence-electron chi connectivity index (χ4n) is 3.18. The van der Waals surface area contributed by atoms with Crippen molar-refractivity contribution in [1.29, 1.82) is 0 Å². The van der Waals surface area contributed by atoms with Gasteiger partial charge >= 0.3 is 12.1 Å². The van der Waals surface area contributed by atoms with Gasteiger partial charge in [0.15, 0.2) is 0 Å². The number of nitrogens with one attached hydrogen (secondary N) is 1. The molecule has 2 aromatic rings. The van der Waals surface area contributed by atoms with E-state index in [9.17, 15) is 13.2 Å². The number of hydrogen-bond acceptors (Lipinski definition) is 4. The summed E-state index contributed by atoms with van der Waals surface area (Å²) in [7, 11) is 0. The summed E-state index contributed by atoms with van der Waals surface area (Å²) >= 11 is 6.34. The standard InChI is InChI=1S/C19H26ClN3O.C2HF3O2/c1-12(2)23-11-18(14(4)22-23)17-10-15(20)9-13(3)19(17)24-16-5-7-21-8-6-16;3-2(4,5)1(6)7/h9-12,16,21H,5-8H2,1-4H3;(H,6,7). The van der Waals surface area contributed by atoms with Crippen molar-refractivity contribution in [1.82, 2.24) is 15.1 Å². The Hall–Kier alpha value is -2.26. The molecular weight excluding hydrogens is 435 g/mol. The van der Waals surface area contributed by atoms with E-state index in [1.165, 1.54) is 0 Å². The molecule has 2 heterocycles. The third-order valence-electron chi connectivity index (χ3n) is 4.79. The van der Waals surface area contributed by atoms with Gasteiger partial charge in [0.2, 0.25) is 0 Å². The molecule has 0 spiro atoms. The van der Waals surface area contributed by atoms with Crippen LogP contribution in [0.4, 0.5) is 13.2 Å². The van der Waals surface area contributed by atoms with Gasteiger partial charge in [-0.3, -0.25) is 4.68 Å². The van der Waals surface area contributed by atoms with Crippen molar-refractivity contribution in [3.05, 3.63) is 34.6 Å². The molecule has 0 amide bonds. The van der Waals surface area contributed by atoms with E-state index in [1.54, 1.807) is 0 Å². The van der Waals surface area contributed by atoms with Crippen LogP contribution in [-0.4, -0.2) is 46.2 Å². The zero-order chi connectivity index (χ0) is 23.3. The highest BCUT2D eigenvalue weighted by molar-refractivity contribution is 6.31. The summed E-state index contributed by atoms with van der Waals surface area (Å²) < 4.78 is 40.1. The van der Waals surface area contributed by atoms with E-state index in [0.717, 1.165) is 59.1 Å². The van der Waals surface area contributed by atoms with Gasteiger partial charge in [-0.15, -0.1) is 0 Å². The monoisotopic (exact) mass is 461 g/mol. The third-order valence-corrected chi connectivity index (χ3v) is 5.01. The lowest BCUT2D eigenvalue weighted by Gasteiger charge is -2.26. The number of halogens is 4. The second-order valence-corrected chi connectivity index (χ2v) is 8.11. The molecule has 1 aliphatic heterocycles. The fraction of sp³-hybridized carbons (Fsp3) is 0.524. The van der Waals surface area contributed by atoms with E-state index < -0.39 is 12.1 Å². The summed E-state index contributed by atoms with van der Waals surface area (Å²) in [6.07, 6.45) is -0.664. The number of ether oxygens (including phenoxy) is 1. The van der Waals surface area contributed by atoms with Crippen molar-refractivity contribution >= 4 is 17.6 Å². The number of rotatable bonds is 4. The molecule has 10 heteroatoms. The summed E-state index contributed by atoms with van der Waals surface area (Å²) in [4.78, 5) is 8.90. The molecule has 0 radical (unpaired) electrons. The van der Waals surface area contributed by atoms with E-state index in [0.29, 0.717) is 6.04 Å². The van der Waals surface area contributed by atoms with E-state index >= 15 is 0 Å². The average molecular weight is 462 g/mol. The first-order valence-corrected chi connectivity index (χ1v) is 10.3. The minimum Gasteiger partial charge on any atom is -0.489 e. The molecule has 172 valence electrons. The van der Waals surface area contributed by atoms with Crippen molar-refractivity contribution in [2.24, 2.45) is 0 Å². The fourth-order valence-corrected chi connectivity index (χ4v) is 3.45. The SMILES string of the molecule is Cc1cc(Cl)cc(-c2cn(C(C)C)nc2C)c1OC1CCNCC1.O=C(O)C(F)(F)F. The molecule has 0 unspecified atom stereocenters. The second-order valence-electron chi connectivity index (χ2n) is 7.67. The Kier molecular flexibility index (Phi) is 8.36. The lowest BCUT2D eigenvalue weighted by molar-refractivity contribution is -0.192. The van der Waals surface area contributed by atoms with Crippen LogP contribution in [0.15, 0.2) is 18.3 Å². The maximum atomic E-state index is 10.6. The van der Waals surface area contributed by atoms with Crippen LogP contribution in [0.1, 0.15) is 44.0 Å². The smallest absolute Gasteiger partial charge is 0.489 e. The van der Waals surface area contributed by atoms with Gasteiger partial charge in [0, 0.05) is 28.4 Å². The van der Waals surface area contributed by atoms with Crippen LogP contribution in [0.3, 0.4) is 0 Å². The zero-order valence-electron chi connectivity index (χ0n) is 17.9.